The third-order valence-corrected chi connectivity index (χ3v) is 9.59. The molecule has 2 aliphatic rings. The zero-order valence-electron chi connectivity index (χ0n) is 25.6. The van der Waals surface area contributed by atoms with E-state index in [-0.39, 0.29) is 35.2 Å². The van der Waals surface area contributed by atoms with Crippen LogP contribution < -0.4 is 4.90 Å². The van der Waals surface area contributed by atoms with E-state index in [2.05, 4.69) is 58.4 Å². The number of nitrogens with zero attached hydrogens (tertiary/aromatic N) is 6. The molecular weight excluding hydrogens is 623 g/mol. The fourth-order valence-electron chi connectivity index (χ4n) is 6.20. The number of hydrogen-bond acceptors (Lipinski definition) is 7. The van der Waals surface area contributed by atoms with Gasteiger partial charge in [-0.05, 0) is 30.2 Å². The maximum absolute atomic E-state index is 14.3. The highest BCUT2D eigenvalue weighted by molar-refractivity contribution is 7.99. The van der Waals surface area contributed by atoms with Crippen molar-refractivity contribution in [2.24, 2.45) is 0 Å². The van der Waals surface area contributed by atoms with E-state index in [9.17, 15) is 14.0 Å². The SMILES string of the molecule is CC1CN(c2cc(Cl)nc(SCC(=O)N3CCN(C(c4ccccc4)c4ccccc4)CC3)n2)CCN1C(=O)c1ccccc1F. The number of aromatic nitrogens is 2. The van der Waals surface area contributed by atoms with Crippen LogP contribution in [0.2, 0.25) is 5.15 Å². The van der Waals surface area contributed by atoms with E-state index in [1.165, 1.54) is 35.0 Å². The van der Waals surface area contributed by atoms with Crippen LogP contribution in [0.25, 0.3) is 0 Å². The first kappa shape index (κ1) is 32.0. The fourth-order valence-corrected chi connectivity index (χ4v) is 7.18. The lowest BCUT2D eigenvalue weighted by molar-refractivity contribution is -0.130. The van der Waals surface area contributed by atoms with Crippen molar-refractivity contribution in [3.05, 3.63) is 119 Å². The van der Waals surface area contributed by atoms with Crippen LogP contribution >= 0.6 is 23.4 Å². The Bertz CT molecular complexity index is 1620. The normalized spacial score (nSPS) is 17.4. The first-order chi connectivity index (χ1) is 22.4. The van der Waals surface area contributed by atoms with Crippen molar-refractivity contribution in [1.29, 1.82) is 0 Å². The van der Waals surface area contributed by atoms with Crippen LogP contribution in [0.3, 0.4) is 0 Å². The predicted molar refractivity (Wildman–Crippen MR) is 180 cm³/mol. The molecule has 1 atom stereocenters. The van der Waals surface area contributed by atoms with Crippen molar-refractivity contribution >= 4 is 41.0 Å². The Balaban J connectivity index is 1.04. The highest BCUT2D eigenvalue weighted by Gasteiger charge is 2.31. The second-order valence-corrected chi connectivity index (χ2v) is 12.9. The summed E-state index contributed by atoms with van der Waals surface area (Å²) in [5.74, 6) is 0.0477. The Labute approximate surface area is 278 Å². The first-order valence-electron chi connectivity index (χ1n) is 15.5. The van der Waals surface area contributed by atoms with Gasteiger partial charge < -0.3 is 14.7 Å². The number of amides is 2. The number of hydrogen-bond donors (Lipinski definition) is 0. The first-order valence-corrected chi connectivity index (χ1v) is 16.8. The van der Waals surface area contributed by atoms with Gasteiger partial charge in [0, 0.05) is 57.9 Å². The molecule has 2 fully saturated rings. The zero-order valence-corrected chi connectivity index (χ0v) is 27.2. The molecule has 0 bridgehead atoms. The van der Waals surface area contributed by atoms with Crippen LogP contribution in [0.15, 0.2) is 96.2 Å². The average molecular weight is 659 g/mol. The molecule has 0 saturated carbocycles. The van der Waals surface area contributed by atoms with Crippen LogP contribution in [-0.4, -0.2) is 94.1 Å². The lowest BCUT2D eigenvalue weighted by atomic mass is 9.96. The van der Waals surface area contributed by atoms with Crippen molar-refractivity contribution in [2.75, 3.05) is 56.5 Å². The minimum atomic E-state index is -0.522. The van der Waals surface area contributed by atoms with Gasteiger partial charge in [0.2, 0.25) is 5.91 Å². The fraction of sp³-hybridized carbons (Fsp3) is 0.314. The molecule has 0 radical (unpaired) electrons. The lowest BCUT2D eigenvalue weighted by Gasteiger charge is -2.40. The van der Waals surface area contributed by atoms with Gasteiger partial charge in [0.25, 0.3) is 5.91 Å². The molecule has 2 saturated heterocycles. The van der Waals surface area contributed by atoms with Crippen molar-refractivity contribution in [2.45, 2.75) is 24.2 Å². The summed E-state index contributed by atoms with van der Waals surface area (Å²) >= 11 is 7.67. The van der Waals surface area contributed by atoms with E-state index in [0.29, 0.717) is 48.9 Å². The van der Waals surface area contributed by atoms with Gasteiger partial charge in [-0.3, -0.25) is 14.5 Å². The Morgan fingerprint density at radius 1 is 0.870 bits per heavy atom. The predicted octanol–water partition coefficient (Wildman–Crippen LogP) is 5.65. The summed E-state index contributed by atoms with van der Waals surface area (Å²) in [4.78, 5) is 43.4. The maximum atomic E-state index is 14.3. The van der Waals surface area contributed by atoms with Crippen LogP contribution in [0.5, 0.6) is 0 Å². The summed E-state index contributed by atoms with van der Waals surface area (Å²) in [6, 6.07) is 28.7. The van der Waals surface area contributed by atoms with Crippen LogP contribution in [0, 0.1) is 5.82 Å². The van der Waals surface area contributed by atoms with Gasteiger partial charge in [-0.25, -0.2) is 14.4 Å². The van der Waals surface area contributed by atoms with Gasteiger partial charge in [0.15, 0.2) is 5.16 Å². The minimum absolute atomic E-state index is 0.0413. The third kappa shape index (κ3) is 7.35. The van der Waals surface area contributed by atoms with E-state index >= 15 is 0 Å². The number of carbonyl (C=O) groups excluding carboxylic acids is 2. The van der Waals surface area contributed by atoms with Crippen LogP contribution in [0.1, 0.15) is 34.5 Å². The number of anilines is 1. The summed E-state index contributed by atoms with van der Waals surface area (Å²) in [6.07, 6.45) is 0. The molecule has 3 heterocycles. The highest BCUT2D eigenvalue weighted by Crippen LogP contribution is 2.30. The smallest absolute Gasteiger partial charge is 0.257 e. The number of piperazine rings is 2. The monoisotopic (exact) mass is 658 g/mol. The molecule has 4 aromatic rings. The zero-order chi connectivity index (χ0) is 32.0. The molecule has 2 amide bonds. The van der Waals surface area contributed by atoms with Gasteiger partial charge >= 0.3 is 0 Å². The molecule has 6 rings (SSSR count). The molecule has 2 aliphatic heterocycles. The molecule has 1 unspecified atom stereocenters. The molecule has 0 N–H and O–H groups in total. The van der Waals surface area contributed by atoms with E-state index in [1.807, 2.05) is 28.9 Å². The number of thioether (sulfide) groups is 1. The van der Waals surface area contributed by atoms with Crippen molar-refractivity contribution in [3.63, 3.8) is 0 Å². The number of benzene rings is 3. The van der Waals surface area contributed by atoms with E-state index in [1.54, 1.807) is 23.1 Å². The van der Waals surface area contributed by atoms with Crippen LogP contribution in [0.4, 0.5) is 10.2 Å². The Morgan fingerprint density at radius 2 is 1.50 bits per heavy atom. The second kappa shape index (κ2) is 14.6. The Morgan fingerprint density at radius 3 is 2.13 bits per heavy atom. The summed E-state index contributed by atoms with van der Waals surface area (Å²) in [5, 5.41) is 0.721. The Hall–Kier alpha value is -3.99. The topological polar surface area (TPSA) is 72.9 Å². The summed E-state index contributed by atoms with van der Waals surface area (Å²) in [6.45, 7) is 6.20. The van der Waals surface area contributed by atoms with Crippen molar-refractivity contribution in [3.8, 4) is 0 Å². The molecule has 1 aromatic heterocycles. The van der Waals surface area contributed by atoms with E-state index in [0.717, 1.165) is 13.1 Å². The largest absolute Gasteiger partial charge is 0.353 e. The molecular formula is C35H36ClFN6O2S. The molecule has 3 aromatic carbocycles. The highest BCUT2D eigenvalue weighted by atomic mass is 35.5. The molecule has 0 spiro atoms. The molecule has 46 heavy (non-hydrogen) atoms. The Kier molecular flexibility index (Phi) is 10.2. The third-order valence-electron chi connectivity index (χ3n) is 8.56. The minimum Gasteiger partial charge on any atom is -0.353 e. The summed E-state index contributed by atoms with van der Waals surface area (Å²) in [5.41, 5.74) is 2.56. The quantitative estimate of drug-likeness (QED) is 0.138. The standard InChI is InChI=1S/C35H36ClFN6O2S/c1-25-23-42(20-21-43(25)34(45)28-14-8-9-15-29(28)37)31-22-30(36)38-35(39-31)46-24-32(44)40-16-18-41(19-17-40)33(26-10-4-2-5-11-26)27-12-6-3-7-13-27/h2-15,22,25,33H,16-21,23-24H2,1H3. The van der Waals surface area contributed by atoms with Gasteiger partial charge in [0.1, 0.15) is 16.8 Å². The summed E-state index contributed by atoms with van der Waals surface area (Å²) < 4.78 is 14.3. The van der Waals surface area contributed by atoms with Crippen molar-refractivity contribution < 1.29 is 14.0 Å². The maximum Gasteiger partial charge on any atom is 0.257 e. The van der Waals surface area contributed by atoms with Crippen LogP contribution in [-0.2, 0) is 4.79 Å². The molecule has 11 heteroatoms. The second-order valence-electron chi connectivity index (χ2n) is 11.5. The summed E-state index contributed by atoms with van der Waals surface area (Å²) in [7, 11) is 0. The lowest BCUT2D eigenvalue weighted by Crippen LogP contribution is -2.54. The van der Waals surface area contributed by atoms with Gasteiger partial charge in [-0.2, -0.15) is 0 Å². The number of carbonyl (C=O) groups is 2. The average Bonchev–Trinajstić information content (AvgIpc) is 3.08. The molecule has 8 nitrogen and oxygen atoms in total. The molecule has 0 aliphatic carbocycles. The molecule has 238 valence electrons. The van der Waals surface area contributed by atoms with E-state index in [4.69, 9.17) is 16.6 Å². The van der Waals surface area contributed by atoms with E-state index < -0.39 is 5.82 Å². The van der Waals surface area contributed by atoms with Gasteiger partial charge in [-0.1, -0.05) is 96.2 Å². The van der Waals surface area contributed by atoms with Crippen molar-refractivity contribution in [1.82, 2.24) is 24.7 Å². The van der Waals surface area contributed by atoms with Gasteiger partial charge in [-0.15, -0.1) is 0 Å². The number of halogens is 2. The van der Waals surface area contributed by atoms with Gasteiger partial charge in [0.05, 0.1) is 17.4 Å². The number of rotatable bonds is 8.